The molecule has 0 aromatic heterocycles. The van der Waals surface area contributed by atoms with Gasteiger partial charge < -0.3 is 0 Å². The maximum atomic E-state index is 10.9. The first-order valence-corrected chi connectivity index (χ1v) is 5.00. The van der Waals surface area contributed by atoms with Gasteiger partial charge in [0.05, 0.1) is 5.25 Å². The van der Waals surface area contributed by atoms with E-state index in [0.717, 1.165) is 11.8 Å². The van der Waals surface area contributed by atoms with Gasteiger partial charge in [0.2, 0.25) is 5.91 Å². The van der Waals surface area contributed by atoms with Crippen LogP contribution in [0.25, 0.3) is 0 Å². The number of imide groups is 1. The van der Waals surface area contributed by atoms with Crippen LogP contribution in [-0.4, -0.2) is 16.4 Å². The zero-order valence-corrected chi connectivity index (χ0v) is 8.70. The molecule has 3 nitrogen and oxygen atoms in total. The Balaban J connectivity index is 0.000000561. The summed E-state index contributed by atoms with van der Waals surface area (Å²) in [6.07, 6.45) is 0. The molecule has 1 saturated heterocycles. The average Bonchev–Trinajstić information content (AvgIpc) is 2.34. The quantitative estimate of drug-likeness (QED) is 0.686. The summed E-state index contributed by atoms with van der Waals surface area (Å²) in [4.78, 5) is 21.5. The van der Waals surface area contributed by atoms with E-state index in [-0.39, 0.29) is 22.3 Å². The molecule has 1 heterocycles. The van der Waals surface area contributed by atoms with E-state index in [1.54, 1.807) is 0 Å². The molecule has 0 bridgehead atoms. The number of carbonyl (C=O) groups excluding carboxylic acids is 2. The van der Waals surface area contributed by atoms with Crippen LogP contribution in [0.1, 0.15) is 27.7 Å². The van der Waals surface area contributed by atoms with Gasteiger partial charge in [0.25, 0.3) is 5.24 Å². The fraction of sp³-hybridized carbons (Fsp3) is 0.750. The largest absolute Gasteiger partial charge is 0.286 e. The Morgan fingerprint density at radius 1 is 1.33 bits per heavy atom. The highest BCUT2D eigenvalue weighted by Crippen LogP contribution is 2.24. The van der Waals surface area contributed by atoms with E-state index in [0.29, 0.717) is 0 Å². The standard InChI is InChI=1S/C6H9NO2S.C2H6/c1-3(2)4-5(8)7-6(9)10-4;1-2/h3-4H,1-2H3,(H,7,8,9);1-2H3. The minimum atomic E-state index is -0.219. The molecular formula is C8H15NO2S. The monoisotopic (exact) mass is 189 g/mol. The van der Waals surface area contributed by atoms with E-state index < -0.39 is 0 Å². The predicted molar refractivity (Wildman–Crippen MR) is 51.1 cm³/mol. The van der Waals surface area contributed by atoms with Crippen molar-refractivity contribution in [1.29, 1.82) is 0 Å². The Morgan fingerprint density at radius 2 is 1.83 bits per heavy atom. The highest BCUT2D eigenvalue weighted by molar-refractivity contribution is 8.15. The Bertz CT molecular complexity index is 180. The summed E-state index contributed by atoms with van der Waals surface area (Å²) in [5.74, 6) is 0.0847. The molecule has 0 aliphatic carbocycles. The molecule has 1 aliphatic heterocycles. The molecule has 0 radical (unpaired) electrons. The first kappa shape index (κ1) is 11.5. The van der Waals surface area contributed by atoms with E-state index in [1.165, 1.54) is 0 Å². The summed E-state index contributed by atoms with van der Waals surface area (Å²) >= 11 is 1.08. The predicted octanol–water partition coefficient (Wildman–Crippen LogP) is 2.02. The number of nitrogens with one attached hydrogen (secondary N) is 1. The summed E-state index contributed by atoms with van der Waals surface area (Å²) in [6, 6.07) is 0. The number of rotatable bonds is 1. The minimum Gasteiger partial charge on any atom is -0.286 e. The Morgan fingerprint density at radius 3 is 2.00 bits per heavy atom. The number of hydrogen-bond acceptors (Lipinski definition) is 3. The molecule has 2 amide bonds. The van der Waals surface area contributed by atoms with E-state index >= 15 is 0 Å². The zero-order valence-electron chi connectivity index (χ0n) is 7.88. The van der Waals surface area contributed by atoms with E-state index in [9.17, 15) is 9.59 Å². The van der Waals surface area contributed by atoms with Crippen LogP contribution in [0.15, 0.2) is 0 Å². The Hall–Kier alpha value is -0.510. The normalized spacial score (nSPS) is 21.9. The van der Waals surface area contributed by atoms with Crippen LogP contribution in [-0.2, 0) is 4.79 Å². The smallest absolute Gasteiger partial charge is 0.286 e. The van der Waals surface area contributed by atoms with E-state index in [2.05, 4.69) is 5.32 Å². The second-order valence-corrected chi connectivity index (χ2v) is 3.67. The third-order valence-corrected chi connectivity index (χ3v) is 2.65. The van der Waals surface area contributed by atoms with Crippen molar-refractivity contribution in [2.75, 3.05) is 0 Å². The third kappa shape index (κ3) is 2.85. The molecular weight excluding hydrogens is 174 g/mol. The molecule has 0 spiro atoms. The van der Waals surface area contributed by atoms with Gasteiger partial charge in [-0.05, 0) is 5.92 Å². The topological polar surface area (TPSA) is 46.2 Å². The molecule has 12 heavy (non-hydrogen) atoms. The van der Waals surface area contributed by atoms with Gasteiger partial charge in [0.15, 0.2) is 0 Å². The summed E-state index contributed by atoms with van der Waals surface area (Å²) in [7, 11) is 0. The van der Waals surface area contributed by atoms with Gasteiger partial charge in [0, 0.05) is 0 Å². The number of thioether (sulfide) groups is 1. The molecule has 1 fully saturated rings. The highest BCUT2D eigenvalue weighted by atomic mass is 32.2. The summed E-state index contributed by atoms with van der Waals surface area (Å²) in [5.41, 5.74) is 0. The first-order chi connectivity index (χ1) is 5.61. The molecule has 1 aliphatic rings. The molecule has 70 valence electrons. The Kier molecular flexibility index (Phi) is 4.97. The van der Waals surface area contributed by atoms with Crippen LogP contribution >= 0.6 is 11.8 Å². The number of amides is 2. The highest BCUT2D eigenvalue weighted by Gasteiger charge is 2.33. The van der Waals surface area contributed by atoms with Gasteiger partial charge in [-0.2, -0.15) is 0 Å². The lowest BCUT2D eigenvalue weighted by atomic mass is 10.1. The van der Waals surface area contributed by atoms with Crippen LogP contribution in [0, 0.1) is 5.92 Å². The molecule has 1 atom stereocenters. The van der Waals surface area contributed by atoms with Gasteiger partial charge in [0.1, 0.15) is 0 Å². The maximum Gasteiger partial charge on any atom is 0.286 e. The van der Waals surface area contributed by atoms with E-state index in [4.69, 9.17) is 0 Å². The average molecular weight is 189 g/mol. The fourth-order valence-electron chi connectivity index (χ4n) is 0.809. The van der Waals surface area contributed by atoms with Gasteiger partial charge in [-0.3, -0.25) is 14.9 Å². The van der Waals surface area contributed by atoms with Crippen molar-refractivity contribution in [2.45, 2.75) is 32.9 Å². The van der Waals surface area contributed by atoms with Crippen molar-refractivity contribution in [3.05, 3.63) is 0 Å². The maximum absolute atomic E-state index is 10.9. The lowest BCUT2D eigenvalue weighted by Crippen LogP contribution is -2.27. The van der Waals surface area contributed by atoms with Crippen LogP contribution in [0.2, 0.25) is 0 Å². The van der Waals surface area contributed by atoms with Gasteiger partial charge >= 0.3 is 0 Å². The summed E-state index contributed by atoms with van der Waals surface area (Å²) in [6.45, 7) is 7.85. The van der Waals surface area contributed by atoms with E-state index in [1.807, 2.05) is 27.7 Å². The fourth-order valence-corrected chi connectivity index (χ4v) is 1.64. The van der Waals surface area contributed by atoms with Gasteiger partial charge in [-0.15, -0.1) is 0 Å². The van der Waals surface area contributed by atoms with Gasteiger partial charge in [-0.1, -0.05) is 39.5 Å². The Labute approximate surface area is 77.3 Å². The zero-order chi connectivity index (χ0) is 9.72. The second kappa shape index (κ2) is 5.19. The summed E-state index contributed by atoms with van der Waals surface area (Å²) in [5, 5.41) is 1.84. The van der Waals surface area contributed by atoms with Crippen molar-refractivity contribution in [3.8, 4) is 0 Å². The molecule has 0 saturated carbocycles. The molecule has 0 aromatic carbocycles. The first-order valence-electron chi connectivity index (χ1n) is 4.12. The van der Waals surface area contributed by atoms with Crippen molar-refractivity contribution >= 4 is 22.9 Å². The second-order valence-electron chi connectivity index (χ2n) is 2.56. The van der Waals surface area contributed by atoms with Crippen molar-refractivity contribution < 1.29 is 9.59 Å². The molecule has 4 heteroatoms. The SMILES string of the molecule is CC.CC(C)C1SC(=O)NC1=O. The number of carbonyl (C=O) groups is 2. The van der Waals surface area contributed by atoms with Crippen molar-refractivity contribution in [2.24, 2.45) is 5.92 Å². The van der Waals surface area contributed by atoms with Crippen LogP contribution < -0.4 is 5.32 Å². The van der Waals surface area contributed by atoms with Crippen LogP contribution in [0.5, 0.6) is 0 Å². The molecule has 0 aromatic rings. The van der Waals surface area contributed by atoms with Crippen LogP contribution in [0.3, 0.4) is 0 Å². The molecule has 1 unspecified atom stereocenters. The lowest BCUT2D eigenvalue weighted by Gasteiger charge is -2.06. The molecule has 1 rings (SSSR count). The molecule has 1 N–H and O–H groups in total. The van der Waals surface area contributed by atoms with Crippen molar-refractivity contribution in [3.63, 3.8) is 0 Å². The number of hydrogen-bond donors (Lipinski definition) is 1. The van der Waals surface area contributed by atoms with Crippen LogP contribution in [0.4, 0.5) is 4.79 Å². The minimum absolute atomic E-state index is 0.148. The van der Waals surface area contributed by atoms with Crippen molar-refractivity contribution in [1.82, 2.24) is 5.32 Å². The summed E-state index contributed by atoms with van der Waals surface area (Å²) < 4.78 is 0. The lowest BCUT2D eigenvalue weighted by molar-refractivity contribution is -0.119. The van der Waals surface area contributed by atoms with Gasteiger partial charge in [-0.25, -0.2) is 0 Å². The third-order valence-electron chi connectivity index (χ3n) is 1.32.